The molecule has 9 nitrogen and oxygen atoms in total. The molecular formula is C26H33N7O2. The summed E-state index contributed by atoms with van der Waals surface area (Å²) >= 11 is 0. The molecule has 0 atom stereocenters. The minimum atomic E-state index is 0.515. The van der Waals surface area contributed by atoms with E-state index in [0.29, 0.717) is 17.4 Å². The van der Waals surface area contributed by atoms with Gasteiger partial charge in [-0.05, 0) is 75.6 Å². The second kappa shape index (κ2) is 10.9. The smallest absolute Gasteiger partial charge is 0.226 e. The number of pyridine rings is 1. The van der Waals surface area contributed by atoms with Gasteiger partial charge in [-0.15, -0.1) is 0 Å². The average molecular weight is 476 g/mol. The molecule has 0 saturated carbocycles. The zero-order chi connectivity index (χ0) is 24.0. The summed E-state index contributed by atoms with van der Waals surface area (Å²) in [5, 5.41) is 7.63. The Kier molecular flexibility index (Phi) is 7.23. The van der Waals surface area contributed by atoms with Gasteiger partial charge in [0.1, 0.15) is 17.0 Å². The number of hydrogen-bond acceptors (Lipinski definition) is 8. The Bertz CT molecular complexity index is 1240. The lowest BCUT2D eigenvalue weighted by Gasteiger charge is -2.26. The molecule has 0 radical (unpaired) electrons. The van der Waals surface area contributed by atoms with Crippen molar-refractivity contribution in [2.75, 3.05) is 32.1 Å². The molecule has 1 aliphatic heterocycles. The topological polar surface area (TPSA) is 94.1 Å². The molecule has 1 fully saturated rings. The van der Waals surface area contributed by atoms with Crippen LogP contribution in [0.15, 0.2) is 41.1 Å². The van der Waals surface area contributed by atoms with Crippen molar-refractivity contribution in [1.82, 2.24) is 29.6 Å². The molecule has 0 aliphatic carbocycles. The lowest BCUT2D eigenvalue weighted by Crippen LogP contribution is -2.31. The number of likely N-dealkylation sites (tertiary alicyclic amines) is 1. The molecule has 0 amide bonds. The number of ether oxygens (including phenoxy) is 1. The zero-order valence-corrected chi connectivity index (χ0v) is 20.5. The van der Waals surface area contributed by atoms with Crippen molar-refractivity contribution in [3.8, 4) is 17.3 Å². The Morgan fingerprint density at radius 1 is 1.06 bits per heavy atom. The van der Waals surface area contributed by atoms with Crippen molar-refractivity contribution < 1.29 is 9.26 Å². The highest BCUT2D eigenvalue weighted by Crippen LogP contribution is 2.27. The van der Waals surface area contributed by atoms with Gasteiger partial charge in [-0.25, -0.2) is 4.98 Å². The number of nitrogens with one attached hydrogen (secondary N) is 1. The first kappa shape index (κ1) is 23.3. The van der Waals surface area contributed by atoms with Crippen molar-refractivity contribution in [3.05, 3.63) is 42.4 Å². The standard InChI is InChI=1S/C26H33N7O2/c1-3-8-24-30-25(31-35-24)21-17-23-22(18-27-21)29-26(28-19-9-11-20(34-2)12-10-19)33(23)16-7-15-32-13-5-4-6-14-32/h9-12,17-18H,3-8,13-16H2,1-2H3,(H,28,29). The van der Waals surface area contributed by atoms with E-state index in [1.54, 1.807) is 13.3 Å². The maximum atomic E-state index is 5.39. The molecule has 1 saturated heterocycles. The molecule has 1 aromatic carbocycles. The van der Waals surface area contributed by atoms with Crippen LogP contribution in [-0.2, 0) is 13.0 Å². The van der Waals surface area contributed by atoms with Crippen molar-refractivity contribution in [3.63, 3.8) is 0 Å². The number of anilines is 2. The summed E-state index contributed by atoms with van der Waals surface area (Å²) in [5.74, 6) is 2.77. The lowest BCUT2D eigenvalue weighted by molar-refractivity contribution is 0.223. The molecule has 1 N–H and O–H groups in total. The molecule has 9 heteroatoms. The SMILES string of the molecule is CCCc1nc(-c2cc3c(cn2)nc(Nc2ccc(OC)cc2)n3CCCN2CCCCC2)no1. The summed E-state index contributed by atoms with van der Waals surface area (Å²) in [4.78, 5) is 16.5. The van der Waals surface area contributed by atoms with Gasteiger partial charge in [0.15, 0.2) is 0 Å². The van der Waals surface area contributed by atoms with Crippen LogP contribution in [0, 0.1) is 0 Å². The van der Waals surface area contributed by atoms with Crippen molar-refractivity contribution in [2.45, 2.75) is 52.0 Å². The van der Waals surface area contributed by atoms with Gasteiger partial charge in [0.05, 0.1) is 18.8 Å². The number of hydrogen-bond donors (Lipinski definition) is 1. The third kappa shape index (κ3) is 5.45. The predicted octanol–water partition coefficient (Wildman–Crippen LogP) is 5.06. The van der Waals surface area contributed by atoms with Crippen LogP contribution in [0.3, 0.4) is 0 Å². The van der Waals surface area contributed by atoms with Crippen molar-refractivity contribution in [2.24, 2.45) is 0 Å². The zero-order valence-electron chi connectivity index (χ0n) is 20.5. The highest BCUT2D eigenvalue weighted by atomic mass is 16.5. The fraction of sp³-hybridized carbons (Fsp3) is 0.462. The number of imidazole rings is 1. The summed E-state index contributed by atoms with van der Waals surface area (Å²) in [5.41, 5.74) is 3.48. The summed E-state index contributed by atoms with van der Waals surface area (Å²) < 4.78 is 12.9. The van der Waals surface area contributed by atoms with E-state index in [2.05, 4.69) is 36.8 Å². The van der Waals surface area contributed by atoms with E-state index < -0.39 is 0 Å². The van der Waals surface area contributed by atoms with E-state index >= 15 is 0 Å². The highest BCUT2D eigenvalue weighted by Gasteiger charge is 2.17. The molecule has 0 spiro atoms. The summed E-state index contributed by atoms with van der Waals surface area (Å²) in [6.07, 6.45) is 8.52. The summed E-state index contributed by atoms with van der Waals surface area (Å²) in [6, 6.07) is 9.89. The van der Waals surface area contributed by atoms with Crippen LogP contribution in [0.2, 0.25) is 0 Å². The fourth-order valence-electron chi connectivity index (χ4n) is 4.59. The number of piperidine rings is 1. The molecule has 35 heavy (non-hydrogen) atoms. The monoisotopic (exact) mass is 475 g/mol. The minimum Gasteiger partial charge on any atom is -0.497 e. The first-order valence-electron chi connectivity index (χ1n) is 12.6. The molecule has 0 bridgehead atoms. The number of aromatic nitrogens is 5. The number of nitrogens with zero attached hydrogens (tertiary/aromatic N) is 6. The molecule has 4 heterocycles. The number of benzene rings is 1. The molecular weight excluding hydrogens is 442 g/mol. The van der Waals surface area contributed by atoms with Crippen LogP contribution in [-0.4, -0.2) is 56.3 Å². The van der Waals surface area contributed by atoms with Gasteiger partial charge in [0.2, 0.25) is 17.7 Å². The van der Waals surface area contributed by atoms with E-state index in [1.807, 2.05) is 30.3 Å². The average Bonchev–Trinajstić information content (AvgIpc) is 3.50. The van der Waals surface area contributed by atoms with Gasteiger partial charge < -0.3 is 24.0 Å². The third-order valence-electron chi connectivity index (χ3n) is 6.45. The normalized spacial score (nSPS) is 14.5. The third-order valence-corrected chi connectivity index (χ3v) is 6.45. The Labute approximate surface area is 205 Å². The second-order valence-corrected chi connectivity index (χ2v) is 9.02. The number of fused-ring (bicyclic) bond motifs is 1. The van der Waals surface area contributed by atoms with Crippen molar-refractivity contribution >= 4 is 22.7 Å². The van der Waals surface area contributed by atoms with Crippen LogP contribution < -0.4 is 10.1 Å². The first-order chi connectivity index (χ1) is 17.2. The molecule has 1 aliphatic rings. The fourth-order valence-corrected chi connectivity index (χ4v) is 4.59. The van der Waals surface area contributed by atoms with Gasteiger partial charge >= 0.3 is 0 Å². The van der Waals surface area contributed by atoms with Gasteiger partial charge in [0, 0.05) is 18.7 Å². The second-order valence-electron chi connectivity index (χ2n) is 9.02. The summed E-state index contributed by atoms with van der Waals surface area (Å²) in [7, 11) is 1.67. The van der Waals surface area contributed by atoms with Crippen LogP contribution in [0.1, 0.15) is 44.9 Å². The largest absolute Gasteiger partial charge is 0.497 e. The predicted molar refractivity (Wildman–Crippen MR) is 136 cm³/mol. The maximum absolute atomic E-state index is 5.39. The lowest BCUT2D eigenvalue weighted by atomic mass is 10.1. The Morgan fingerprint density at radius 3 is 2.66 bits per heavy atom. The highest BCUT2D eigenvalue weighted by molar-refractivity contribution is 5.82. The molecule has 3 aromatic heterocycles. The van der Waals surface area contributed by atoms with E-state index in [1.165, 1.54) is 32.4 Å². The van der Waals surface area contributed by atoms with Gasteiger partial charge in [-0.2, -0.15) is 4.98 Å². The van der Waals surface area contributed by atoms with E-state index in [9.17, 15) is 0 Å². The molecule has 5 rings (SSSR count). The number of methoxy groups -OCH3 is 1. The molecule has 184 valence electrons. The summed E-state index contributed by atoms with van der Waals surface area (Å²) in [6.45, 7) is 6.43. The van der Waals surface area contributed by atoms with Gasteiger partial charge in [-0.1, -0.05) is 18.5 Å². The Balaban J connectivity index is 1.43. The van der Waals surface area contributed by atoms with E-state index in [-0.39, 0.29) is 0 Å². The number of aryl methyl sites for hydroxylation is 2. The van der Waals surface area contributed by atoms with Gasteiger partial charge in [-0.3, -0.25) is 4.98 Å². The molecule has 0 unspecified atom stereocenters. The van der Waals surface area contributed by atoms with Crippen LogP contribution in [0.5, 0.6) is 5.75 Å². The van der Waals surface area contributed by atoms with Crippen LogP contribution >= 0.6 is 0 Å². The molecule has 4 aromatic rings. The maximum Gasteiger partial charge on any atom is 0.226 e. The quantitative estimate of drug-likeness (QED) is 0.340. The minimum absolute atomic E-state index is 0.515. The van der Waals surface area contributed by atoms with Crippen LogP contribution in [0.25, 0.3) is 22.6 Å². The Morgan fingerprint density at radius 2 is 1.89 bits per heavy atom. The van der Waals surface area contributed by atoms with E-state index in [0.717, 1.165) is 60.8 Å². The number of rotatable bonds is 10. The first-order valence-corrected chi connectivity index (χ1v) is 12.6. The van der Waals surface area contributed by atoms with E-state index in [4.69, 9.17) is 14.2 Å². The van der Waals surface area contributed by atoms with Gasteiger partial charge in [0.25, 0.3) is 0 Å². The van der Waals surface area contributed by atoms with Crippen molar-refractivity contribution in [1.29, 1.82) is 0 Å². The Hall–Kier alpha value is -3.46. The van der Waals surface area contributed by atoms with Crippen LogP contribution in [0.4, 0.5) is 11.6 Å².